The minimum Gasteiger partial charge on any atom is -0.744 e. The Morgan fingerprint density at radius 3 is 1.62 bits per heavy atom. The van der Waals surface area contributed by atoms with Crippen LogP contribution in [-0.2, 0) is 10.1 Å². The van der Waals surface area contributed by atoms with Crippen LogP contribution < -0.4 is 34.3 Å². The molecule has 0 aliphatic rings. The second-order valence-corrected chi connectivity index (χ2v) is 6.73. The third kappa shape index (κ3) is 5.13. The van der Waals surface area contributed by atoms with Gasteiger partial charge in [-0.3, -0.25) is 0 Å². The number of hydrogen-bond acceptors (Lipinski definition) is 4. The first kappa shape index (κ1) is 30.8. The third-order valence-corrected chi connectivity index (χ3v) is 4.18. The number of hydrogen-bond donors (Lipinski definition) is 0. The molecule has 0 unspecified atom stereocenters. The molecule has 0 N–H and O–H groups in total. The summed E-state index contributed by atoms with van der Waals surface area (Å²) in [5.41, 5.74) is 0. The van der Waals surface area contributed by atoms with Crippen molar-refractivity contribution < 1.29 is 104 Å². The van der Waals surface area contributed by atoms with Gasteiger partial charge in [-0.15, -0.1) is 0 Å². The fourth-order valence-electron chi connectivity index (χ4n) is 1.72. The number of benzene rings is 1. The van der Waals surface area contributed by atoms with Gasteiger partial charge in [0.05, 0.1) is 4.90 Å². The molecule has 0 bridgehead atoms. The van der Waals surface area contributed by atoms with Gasteiger partial charge in [-0.05, 0) is 12.1 Å². The molecule has 178 valence electrons. The van der Waals surface area contributed by atoms with Crippen LogP contribution in [0.1, 0.15) is 0 Å². The number of allylic oxidation sites excluding steroid dienone is 1. The van der Waals surface area contributed by atoms with E-state index in [1.165, 1.54) is 0 Å². The molecule has 0 heterocycles. The molecule has 0 radical (unpaired) electrons. The summed E-state index contributed by atoms with van der Waals surface area (Å²) in [5, 5.41) is 0. The van der Waals surface area contributed by atoms with Gasteiger partial charge in [0.1, 0.15) is 15.9 Å². The smallest absolute Gasteiger partial charge is 0.744 e. The van der Waals surface area contributed by atoms with Gasteiger partial charge in [-0.2, -0.15) is 57.1 Å². The number of alkyl halides is 11. The van der Waals surface area contributed by atoms with Crippen LogP contribution in [0.2, 0.25) is 0 Å². The monoisotopic (exact) mass is 526 g/mol. The fraction of sp³-hybridized carbons (Fsp3) is 0.385. The van der Waals surface area contributed by atoms with Crippen molar-refractivity contribution in [1.29, 1.82) is 0 Å². The second-order valence-electron chi connectivity index (χ2n) is 5.39. The van der Waals surface area contributed by atoms with Gasteiger partial charge in [0.25, 0.3) is 0 Å². The molecular weight excluding hydrogens is 522 g/mol. The average molecular weight is 526 g/mol. The maximum absolute atomic E-state index is 13.5. The maximum atomic E-state index is 13.5. The Morgan fingerprint density at radius 1 is 0.781 bits per heavy atom. The summed E-state index contributed by atoms with van der Waals surface area (Å²) in [7, 11) is -5.59. The Balaban J connectivity index is 0.00000961. The van der Waals surface area contributed by atoms with E-state index < -0.39 is 62.5 Å². The van der Waals surface area contributed by atoms with E-state index in [0.29, 0.717) is 12.1 Å². The van der Waals surface area contributed by atoms with Gasteiger partial charge in [-0.1, -0.05) is 12.1 Å². The zero-order chi connectivity index (χ0) is 24.8. The first-order valence-corrected chi connectivity index (χ1v) is 8.30. The Bertz CT molecular complexity index is 972. The predicted octanol–water partition coefficient (Wildman–Crippen LogP) is 2.19. The van der Waals surface area contributed by atoms with Gasteiger partial charge in [0, 0.05) is 0 Å². The quantitative estimate of drug-likeness (QED) is 0.237. The molecule has 0 aliphatic heterocycles. The molecule has 0 spiro atoms. The summed E-state index contributed by atoms with van der Waals surface area (Å²) in [6.07, 6.45) is -7.52. The van der Waals surface area contributed by atoms with Crippen molar-refractivity contribution in [3.63, 3.8) is 0 Å². The first-order valence-electron chi connectivity index (χ1n) is 6.90. The Kier molecular flexibility index (Phi) is 8.83. The molecule has 32 heavy (non-hydrogen) atoms. The first-order chi connectivity index (χ1) is 13.5. The summed E-state index contributed by atoms with van der Waals surface area (Å²) in [5.74, 6) is -37.2. The van der Waals surface area contributed by atoms with E-state index in [9.17, 15) is 70.0 Å². The largest absolute Gasteiger partial charge is 1.00 e. The molecule has 0 aromatic heterocycles. The maximum Gasteiger partial charge on any atom is 1.00 e. The van der Waals surface area contributed by atoms with E-state index in [1.54, 1.807) is 0 Å². The van der Waals surface area contributed by atoms with Crippen LogP contribution >= 0.6 is 0 Å². The van der Waals surface area contributed by atoms with Crippen LogP contribution in [0.4, 0.5) is 57.1 Å². The van der Waals surface area contributed by atoms with Gasteiger partial charge in [0.2, 0.25) is 5.83 Å². The minimum absolute atomic E-state index is 0. The van der Waals surface area contributed by atoms with Crippen LogP contribution in [0, 0.1) is 0 Å². The molecule has 0 amide bonds. The predicted molar refractivity (Wildman–Crippen MR) is 70.1 cm³/mol. The molecule has 4 nitrogen and oxygen atoms in total. The van der Waals surface area contributed by atoms with Gasteiger partial charge in [0.15, 0.2) is 0 Å². The summed E-state index contributed by atoms with van der Waals surface area (Å²) in [6, 6.07) is -1.63. The summed E-state index contributed by atoms with van der Waals surface area (Å²) in [6.45, 7) is 0. The Morgan fingerprint density at radius 2 is 1.22 bits per heavy atom. The van der Waals surface area contributed by atoms with Crippen molar-refractivity contribution in [2.24, 2.45) is 0 Å². The Labute approximate surface area is 191 Å². The molecule has 1 aromatic rings. The molecule has 1 rings (SSSR count). The van der Waals surface area contributed by atoms with E-state index in [-0.39, 0.29) is 35.6 Å². The number of ether oxygens (including phenoxy) is 1. The van der Waals surface area contributed by atoms with E-state index in [1.807, 2.05) is 0 Å². The summed E-state index contributed by atoms with van der Waals surface area (Å²) < 4.78 is 204. The molecule has 19 heteroatoms. The van der Waals surface area contributed by atoms with Crippen molar-refractivity contribution in [3.8, 4) is 5.75 Å². The van der Waals surface area contributed by atoms with Crippen molar-refractivity contribution in [1.82, 2.24) is 0 Å². The van der Waals surface area contributed by atoms with Gasteiger partial charge < -0.3 is 9.29 Å². The molecule has 0 atom stereocenters. The number of para-hydroxylation sites is 1. The molecular formula is C13H4F13NaO4S. The van der Waals surface area contributed by atoms with Crippen molar-refractivity contribution in [2.75, 3.05) is 0 Å². The van der Waals surface area contributed by atoms with Crippen LogP contribution in [0.3, 0.4) is 0 Å². The second kappa shape index (κ2) is 9.19. The zero-order valence-corrected chi connectivity index (χ0v) is 17.6. The van der Waals surface area contributed by atoms with Crippen molar-refractivity contribution in [3.05, 3.63) is 36.1 Å². The topological polar surface area (TPSA) is 66.4 Å². The van der Waals surface area contributed by atoms with Crippen molar-refractivity contribution >= 4 is 10.1 Å². The van der Waals surface area contributed by atoms with E-state index >= 15 is 0 Å². The van der Waals surface area contributed by atoms with E-state index in [4.69, 9.17) is 0 Å². The number of halogens is 13. The summed E-state index contributed by atoms with van der Waals surface area (Å²) >= 11 is 0. The molecule has 0 fully saturated rings. The molecule has 0 aliphatic carbocycles. The van der Waals surface area contributed by atoms with E-state index in [2.05, 4.69) is 4.74 Å². The zero-order valence-electron chi connectivity index (χ0n) is 14.8. The van der Waals surface area contributed by atoms with Crippen molar-refractivity contribution in [2.45, 2.75) is 34.8 Å². The van der Waals surface area contributed by atoms with Crippen LogP contribution in [0.5, 0.6) is 5.75 Å². The number of rotatable bonds is 7. The normalized spacial score (nSPS) is 15.1. The molecule has 1 aromatic carbocycles. The van der Waals surface area contributed by atoms with E-state index in [0.717, 1.165) is 6.07 Å². The van der Waals surface area contributed by atoms with Gasteiger partial charge in [-0.25, -0.2) is 8.42 Å². The SMILES string of the molecule is O=S(=O)([O-])c1ccccc1OC(F)=C(F)C(F)(F)C(F)(F)C(F)(F)C(F)(F)C(F)(F)F.[Na+]. The Hall–Kier alpha value is -1.24. The van der Waals surface area contributed by atoms with Gasteiger partial charge >= 0.3 is 65.4 Å². The van der Waals surface area contributed by atoms with Crippen LogP contribution in [-0.4, -0.2) is 42.8 Å². The molecule has 0 saturated heterocycles. The molecule has 0 saturated carbocycles. The van der Waals surface area contributed by atoms with Crippen LogP contribution in [0.15, 0.2) is 41.0 Å². The third-order valence-electron chi connectivity index (χ3n) is 3.31. The fourth-order valence-corrected chi connectivity index (χ4v) is 2.32. The minimum atomic E-state index is -8.02. The average Bonchev–Trinajstić information content (AvgIpc) is 2.58. The standard InChI is InChI=1S/C13H5F13O4S.Na/c14-7(8(15)30-5-3-1-2-4-6(5)31(27,28)29)9(16,17)10(18,19)11(20,21)12(22,23)13(24,25)26;/h1-4H,(H,27,28,29);/q;+1/p-1. The van der Waals surface area contributed by atoms with Crippen LogP contribution in [0.25, 0.3) is 0 Å². The summed E-state index contributed by atoms with van der Waals surface area (Å²) in [4.78, 5) is -1.60.